The van der Waals surface area contributed by atoms with Gasteiger partial charge in [-0.3, -0.25) is 4.40 Å². The van der Waals surface area contributed by atoms with E-state index in [9.17, 15) is 0 Å². The lowest BCUT2D eigenvalue weighted by Crippen LogP contribution is -1.89. The number of hydrogen-bond donors (Lipinski definition) is 1. The summed E-state index contributed by atoms with van der Waals surface area (Å²) in [5, 5.41) is 1.17. The molecule has 0 unspecified atom stereocenters. The molecule has 2 N–H and O–H groups in total. The average Bonchev–Trinajstić information content (AvgIpc) is 2.65. The third-order valence-electron chi connectivity index (χ3n) is 2.40. The van der Waals surface area contributed by atoms with Gasteiger partial charge in [0, 0.05) is 18.1 Å². The molecule has 2 heterocycles. The lowest BCUT2D eigenvalue weighted by Gasteiger charge is -2.02. The molecule has 0 spiro atoms. The Balaban J connectivity index is 2.60. The number of benzene rings is 1. The van der Waals surface area contributed by atoms with Crippen LogP contribution in [0.1, 0.15) is 0 Å². The normalized spacial score (nSPS) is 11.1. The van der Waals surface area contributed by atoms with Gasteiger partial charge in [-0.2, -0.15) is 0 Å². The Morgan fingerprint density at radius 3 is 2.93 bits per heavy atom. The van der Waals surface area contributed by atoms with Gasteiger partial charge in [0.2, 0.25) is 0 Å². The van der Waals surface area contributed by atoms with E-state index in [1.54, 1.807) is 6.20 Å². The molecule has 0 atom stereocenters. The Kier molecular flexibility index (Phi) is 1.31. The first-order valence-electron chi connectivity index (χ1n) is 4.46. The van der Waals surface area contributed by atoms with Gasteiger partial charge >= 0.3 is 0 Å². The van der Waals surface area contributed by atoms with Crippen molar-refractivity contribution in [1.82, 2.24) is 9.38 Å². The molecule has 0 bridgehead atoms. The van der Waals surface area contributed by atoms with Gasteiger partial charge in [0.1, 0.15) is 5.65 Å². The van der Waals surface area contributed by atoms with Crippen LogP contribution in [0.2, 0.25) is 0 Å². The molecule has 0 aliphatic rings. The summed E-state index contributed by atoms with van der Waals surface area (Å²) in [6, 6.07) is 9.94. The highest BCUT2D eigenvalue weighted by Crippen LogP contribution is 2.18. The van der Waals surface area contributed by atoms with Crippen molar-refractivity contribution in [3.05, 3.63) is 42.7 Å². The monoisotopic (exact) mass is 183 g/mol. The van der Waals surface area contributed by atoms with Gasteiger partial charge in [-0.1, -0.05) is 6.07 Å². The number of rotatable bonds is 0. The van der Waals surface area contributed by atoms with Gasteiger partial charge < -0.3 is 5.73 Å². The van der Waals surface area contributed by atoms with Crippen molar-refractivity contribution >= 4 is 22.2 Å². The summed E-state index contributed by atoms with van der Waals surface area (Å²) in [5.74, 6) is 0. The third kappa shape index (κ3) is 0.893. The maximum absolute atomic E-state index is 5.75. The number of anilines is 1. The number of imidazole rings is 1. The van der Waals surface area contributed by atoms with E-state index in [-0.39, 0.29) is 0 Å². The Morgan fingerprint density at radius 2 is 2.00 bits per heavy atom. The van der Waals surface area contributed by atoms with E-state index >= 15 is 0 Å². The van der Waals surface area contributed by atoms with Crippen LogP contribution in [0.3, 0.4) is 0 Å². The number of fused-ring (bicyclic) bond motifs is 3. The number of nitrogens with zero attached hydrogens (tertiary/aromatic N) is 2. The molecule has 0 aliphatic heterocycles. The summed E-state index contributed by atoms with van der Waals surface area (Å²) in [4.78, 5) is 4.22. The van der Waals surface area contributed by atoms with Crippen molar-refractivity contribution in [3.63, 3.8) is 0 Å². The van der Waals surface area contributed by atoms with Crippen molar-refractivity contribution in [2.45, 2.75) is 0 Å². The molecule has 0 aliphatic carbocycles. The van der Waals surface area contributed by atoms with Crippen LogP contribution in [0.15, 0.2) is 42.7 Å². The first-order valence-corrected chi connectivity index (χ1v) is 4.46. The number of pyridine rings is 1. The van der Waals surface area contributed by atoms with Gasteiger partial charge in [-0.05, 0) is 29.7 Å². The van der Waals surface area contributed by atoms with Crippen LogP contribution in [-0.4, -0.2) is 9.38 Å². The third-order valence-corrected chi connectivity index (χ3v) is 2.40. The van der Waals surface area contributed by atoms with Crippen LogP contribution in [0.25, 0.3) is 16.6 Å². The number of hydrogen-bond acceptors (Lipinski definition) is 2. The molecule has 14 heavy (non-hydrogen) atoms. The quantitative estimate of drug-likeness (QED) is 0.542. The van der Waals surface area contributed by atoms with E-state index in [0.29, 0.717) is 0 Å². The van der Waals surface area contributed by atoms with Gasteiger partial charge in [0.25, 0.3) is 0 Å². The largest absolute Gasteiger partial charge is 0.399 e. The molecule has 1 aromatic carbocycles. The smallest absolute Gasteiger partial charge is 0.137 e. The zero-order valence-electron chi connectivity index (χ0n) is 7.51. The fourth-order valence-corrected chi connectivity index (χ4v) is 1.72. The molecule has 0 saturated carbocycles. The molecule has 2 aromatic heterocycles. The predicted molar refractivity (Wildman–Crippen MR) is 57.1 cm³/mol. The zero-order valence-corrected chi connectivity index (χ0v) is 7.51. The lowest BCUT2D eigenvalue weighted by atomic mass is 10.2. The minimum absolute atomic E-state index is 0.777. The Bertz CT molecular complexity index is 610. The standard InChI is InChI=1S/C11H9N3/c12-9-3-1-8-2-4-11-13-5-6-14(11)10(8)7-9/h1-7H,12H2. The second-order valence-corrected chi connectivity index (χ2v) is 3.31. The fourth-order valence-electron chi connectivity index (χ4n) is 1.72. The Hall–Kier alpha value is -2.03. The van der Waals surface area contributed by atoms with Crippen molar-refractivity contribution in [1.29, 1.82) is 0 Å². The van der Waals surface area contributed by atoms with Gasteiger partial charge in [0.05, 0.1) is 5.52 Å². The summed E-state index contributed by atoms with van der Waals surface area (Å²) in [7, 11) is 0. The van der Waals surface area contributed by atoms with E-state index < -0.39 is 0 Å². The summed E-state index contributed by atoms with van der Waals surface area (Å²) < 4.78 is 2.03. The van der Waals surface area contributed by atoms with Crippen LogP contribution in [-0.2, 0) is 0 Å². The SMILES string of the molecule is Nc1ccc2ccc3nccn3c2c1. The van der Waals surface area contributed by atoms with E-state index in [1.165, 1.54) is 5.39 Å². The molecule has 68 valence electrons. The van der Waals surface area contributed by atoms with Crippen molar-refractivity contribution in [3.8, 4) is 0 Å². The van der Waals surface area contributed by atoms with Gasteiger partial charge in [-0.15, -0.1) is 0 Å². The summed E-state index contributed by atoms with van der Waals surface area (Å²) in [5.41, 5.74) is 8.57. The number of aromatic nitrogens is 2. The predicted octanol–water partition coefficient (Wildman–Crippen LogP) is 2.07. The number of nitrogen functional groups attached to an aromatic ring is 1. The first kappa shape index (κ1) is 7.38. The molecule has 0 saturated heterocycles. The Labute approximate surface area is 80.8 Å². The molecule has 3 aromatic rings. The van der Waals surface area contributed by atoms with Crippen molar-refractivity contribution in [2.75, 3.05) is 5.73 Å². The van der Waals surface area contributed by atoms with E-state index in [0.717, 1.165) is 16.9 Å². The van der Waals surface area contributed by atoms with E-state index in [2.05, 4.69) is 11.1 Å². The fraction of sp³-hybridized carbons (Fsp3) is 0. The molecule has 0 fully saturated rings. The molecular weight excluding hydrogens is 174 g/mol. The van der Waals surface area contributed by atoms with Crippen molar-refractivity contribution < 1.29 is 0 Å². The van der Waals surface area contributed by atoms with Crippen LogP contribution in [0.4, 0.5) is 5.69 Å². The topological polar surface area (TPSA) is 43.3 Å². The van der Waals surface area contributed by atoms with Crippen LogP contribution in [0, 0.1) is 0 Å². The molecular formula is C11H9N3. The minimum Gasteiger partial charge on any atom is -0.399 e. The van der Waals surface area contributed by atoms with Gasteiger partial charge in [0.15, 0.2) is 0 Å². The highest BCUT2D eigenvalue weighted by atomic mass is 15.0. The van der Waals surface area contributed by atoms with Crippen LogP contribution in [0.5, 0.6) is 0 Å². The lowest BCUT2D eigenvalue weighted by molar-refractivity contribution is 1.26. The van der Waals surface area contributed by atoms with E-state index in [4.69, 9.17) is 5.73 Å². The second-order valence-electron chi connectivity index (χ2n) is 3.31. The zero-order chi connectivity index (χ0) is 9.54. The highest BCUT2D eigenvalue weighted by Gasteiger charge is 1.99. The molecule has 0 radical (unpaired) electrons. The van der Waals surface area contributed by atoms with Crippen LogP contribution < -0.4 is 5.73 Å². The second kappa shape index (κ2) is 2.48. The van der Waals surface area contributed by atoms with Gasteiger partial charge in [-0.25, -0.2) is 4.98 Å². The van der Waals surface area contributed by atoms with Crippen molar-refractivity contribution in [2.24, 2.45) is 0 Å². The summed E-state index contributed by atoms with van der Waals surface area (Å²) >= 11 is 0. The van der Waals surface area contributed by atoms with E-state index in [1.807, 2.05) is 34.9 Å². The maximum Gasteiger partial charge on any atom is 0.137 e. The maximum atomic E-state index is 5.75. The number of nitrogens with two attached hydrogens (primary N) is 1. The summed E-state index contributed by atoms with van der Waals surface area (Å²) in [6.07, 6.45) is 3.73. The molecule has 3 nitrogen and oxygen atoms in total. The highest BCUT2D eigenvalue weighted by molar-refractivity contribution is 5.84. The summed E-state index contributed by atoms with van der Waals surface area (Å²) in [6.45, 7) is 0. The average molecular weight is 183 g/mol. The van der Waals surface area contributed by atoms with Crippen LogP contribution >= 0.6 is 0 Å². The first-order chi connectivity index (χ1) is 6.84. The molecule has 0 amide bonds. The Morgan fingerprint density at radius 1 is 1.14 bits per heavy atom. The molecule has 3 heteroatoms. The molecule has 3 rings (SSSR count). The minimum atomic E-state index is 0.777.